The highest BCUT2D eigenvalue weighted by molar-refractivity contribution is 7.89. The van der Waals surface area contributed by atoms with Crippen LogP contribution in [0, 0.1) is 11.2 Å². The third-order valence-electron chi connectivity index (χ3n) is 7.89. The first-order chi connectivity index (χ1) is 17.8. The van der Waals surface area contributed by atoms with Crippen molar-refractivity contribution in [1.29, 1.82) is 0 Å². The summed E-state index contributed by atoms with van der Waals surface area (Å²) in [6.45, 7) is 6.48. The van der Waals surface area contributed by atoms with E-state index in [4.69, 9.17) is 4.74 Å². The molecule has 0 radical (unpaired) electrons. The number of hydrogen-bond acceptors (Lipinski definition) is 5. The van der Waals surface area contributed by atoms with Gasteiger partial charge in [0.15, 0.2) is 0 Å². The van der Waals surface area contributed by atoms with E-state index in [2.05, 4.69) is 35.0 Å². The zero-order valence-electron chi connectivity index (χ0n) is 21.4. The molecule has 1 aliphatic carbocycles. The Morgan fingerprint density at radius 2 is 1.84 bits per heavy atom. The van der Waals surface area contributed by atoms with Crippen molar-refractivity contribution in [2.45, 2.75) is 37.6 Å². The molecule has 1 aliphatic heterocycles. The van der Waals surface area contributed by atoms with E-state index in [0.717, 1.165) is 29.9 Å². The van der Waals surface area contributed by atoms with Crippen LogP contribution in [0.1, 0.15) is 43.1 Å². The molecule has 1 fully saturated rings. The van der Waals surface area contributed by atoms with E-state index in [-0.39, 0.29) is 16.8 Å². The van der Waals surface area contributed by atoms with Crippen molar-refractivity contribution in [3.63, 3.8) is 0 Å². The zero-order valence-corrected chi connectivity index (χ0v) is 22.3. The number of nitrogens with one attached hydrogen (secondary N) is 1. The first-order valence-corrected chi connectivity index (χ1v) is 14.1. The molecular formula is C28H33FN4O3S. The minimum atomic E-state index is -3.75. The van der Waals surface area contributed by atoms with Gasteiger partial charge in [-0.2, -0.15) is 9.40 Å². The molecule has 3 aromatic rings. The zero-order chi connectivity index (χ0) is 26.2. The molecule has 2 aliphatic rings. The molecule has 0 saturated carbocycles. The summed E-state index contributed by atoms with van der Waals surface area (Å²) in [6.07, 6.45) is 5.24. The fourth-order valence-electron chi connectivity index (χ4n) is 6.05. The Morgan fingerprint density at radius 3 is 2.49 bits per heavy atom. The van der Waals surface area contributed by atoms with Gasteiger partial charge < -0.3 is 4.74 Å². The van der Waals surface area contributed by atoms with Gasteiger partial charge in [0.2, 0.25) is 10.0 Å². The Bertz CT molecular complexity index is 1380. The second kappa shape index (κ2) is 10.0. The second-order valence-corrected chi connectivity index (χ2v) is 11.7. The molecule has 196 valence electrons. The Kier molecular flexibility index (Phi) is 6.95. The highest BCUT2D eigenvalue weighted by Crippen LogP contribution is 2.54. The quantitative estimate of drug-likeness (QED) is 0.464. The number of fused-ring (bicyclic) bond motifs is 2. The van der Waals surface area contributed by atoms with E-state index in [1.807, 2.05) is 18.3 Å². The molecule has 1 unspecified atom stereocenters. The van der Waals surface area contributed by atoms with Gasteiger partial charge in [-0.1, -0.05) is 31.6 Å². The molecule has 0 bridgehead atoms. The molecule has 0 amide bonds. The van der Waals surface area contributed by atoms with E-state index >= 15 is 0 Å². The number of aromatic amines is 1. The van der Waals surface area contributed by atoms with Gasteiger partial charge in [-0.05, 0) is 79.5 Å². The first kappa shape index (κ1) is 25.6. The van der Waals surface area contributed by atoms with Crippen LogP contribution in [0.3, 0.4) is 0 Å². The Hall–Kier alpha value is -3.01. The summed E-state index contributed by atoms with van der Waals surface area (Å²) in [6, 6.07) is 13.1. The van der Waals surface area contributed by atoms with Crippen LogP contribution in [0.4, 0.5) is 4.39 Å². The number of rotatable bonds is 8. The highest BCUT2D eigenvalue weighted by Gasteiger charge is 2.52. The fourth-order valence-corrected chi connectivity index (χ4v) is 7.56. The van der Waals surface area contributed by atoms with Gasteiger partial charge in [0.25, 0.3) is 0 Å². The standard InChI is InChI=1S/C28H33FN4O3S/c1-4-32(5-2)27(20-6-8-23(29)9-7-20)28-17-21-18-30-31-26(21)16-22(28)14-15-33(19-28)37(34,35)25-12-10-24(36-3)11-13-25/h6-13,16,18,27H,4-5,14-15,17,19H2,1-3H3,(H,30,31)/t27?,28-/m1/s1. The van der Waals surface area contributed by atoms with Crippen molar-refractivity contribution in [3.8, 4) is 5.75 Å². The lowest BCUT2D eigenvalue weighted by molar-refractivity contribution is 0.0614. The predicted octanol–water partition coefficient (Wildman–Crippen LogP) is 4.66. The highest BCUT2D eigenvalue weighted by atomic mass is 32.2. The van der Waals surface area contributed by atoms with Gasteiger partial charge in [-0.15, -0.1) is 0 Å². The third kappa shape index (κ3) is 4.49. The van der Waals surface area contributed by atoms with Crippen LogP contribution >= 0.6 is 0 Å². The molecule has 1 N–H and O–H groups in total. The SMILES string of the molecule is CCN(CC)C(c1ccc(F)cc1)[C@@]12Cc3cn[nH]c3C=C1CCN(S(=O)(=O)c1ccc(OC)cc1)C2. The molecule has 5 rings (SSSR count). The maximum absolute atomic E-state index is 14.0. The molecule has 0 spiro atoms. The van der Waals surface area contributed by atoms with Crippen LogP contribution in [-0.4, -0.2) is 61.1 Å². The summed E-state index contributed by atoms with van der Waals surface area (Å²) in [5, 5.41) is 7.37. The van der Waals surface area contributed by atoms with Crippen LogP contribution in [0.2, 0.25) is 0 Å². The summed E-state index contributed by atoms with van der Waals surface area (Å²) in [4.78, 5) is 2.60. The van der Waals surface area contributed by atoms with Crippen molar-refractivity contribution in [2.75, 3.05) is 33.3 Å². The molecular weight excluding hydrogens is 491 g/mol. The van der Waals surface area contributed by atoms with Crippen LogP contribution in [0.25, 0.3) is 6.08 Å². The van der Waals surface area contributed by atoms with Crippen molar-refractivity contribution < 1.29 is 17.5 Å². The van der Waals surface area contributed by atoms with E-state index in [0.29, 0.717) is 31.7 Å². The molecule has 2 heterocycles. The van der Waals surface area contributed by atoms with E-state index in [1.54, 1.807) is 35.7 Å². The lowest BCUT2D eigenvalue weighted by Gasteiger charge is -2.53. The van der Waals surface area contributed by atoms with Gasteiger partial charge in [0, 0.05) is 24.5 Å². The van der Waals surface area contributed by atoms with Crippen molar-refractivity contribution >= 4 is 16.1 Å². The number of halogens is 1. The van der Waals surface area contributed by atoms with Crippen LogP contribution in [0.5, 0.6) is 5.75 Å². The Balaban J connectivity index is 1.64. The molecule has 37 heavy (non-hydrogen) atoms. The summed E-state index contributed by atoms with van der Waals surface area (Å²) < 4.78 is 48.6. The Morgan fingerprint density at radius 1 is 1.14 bits per heavy atom. The van der Waals surface area contributed by atoms with E-state index < -0.39 is 15.4 Å². The molecule has 2 atom stereocenters. The molecule has 1 aromatic heterocycles. The normalized spacial score (nSPS) is 20.7. The second-order valence-electron chi connectivity index (χ2n) is 9.75. The van der Waals surface area contributed by atoms with Crippen molar-refractivity contribution in [1.82, 2.24) is 19.4 Å². The topological polar surface area (TPSA) is 78.5 Å². The smallest absolute Gasteiger partial charge is 0.243 e. The Labute approximate surface area is 218 Å². The van der Waals surface area contributed by atoms with Gasteiger partial charge in [0.05, 0.1) is 23.9 Å². The predicted molar refractivity (Wildman–Crippen MR) is 141 cm³/mol. The minimum absolute atomic E-state index is 0.147. The maximum atomic E-state index is 14.0. The van der Waals surface area contributed by atoms with Gasteiger partial charge >= 0.3 is 0 Å². The number of H-pyrrole nitrogens is 1. The number of sulfonamides is 1. The maximum Gasteiger partial charge on any atom is 0.243 e. The number of aromatic nitrogens is 2. The minimum Gasteiger partial charge on any atom is -0.497 e. The third-order valence-corrected chi connectivity index (χ3v) is 9.75. The fraction of sp³-hybridized carbons (Fsp3) is 0.393. The number of piperidine rings is 1. The average molecular weight is 525 g/mol. The van der Waals surface area contributed by atoms with E-state index in [1.165, 1.54) is 17.7 Å². The number of benzene rings is 2. The number of ether oxygens (including phenoxy) is 1. The molecule has 2 aromatic carbocycles. The van der Waals surface area contributed by atoms with Crippen LogP contribution < -0.4 is 4.74 Å². The lowest BCUT2D eigenvalue weighted by Crippen LogP contribution is -2.55. The molecule has 7 nitrogen and oxygen atoms in total. The van der Waals surface area contributed by atoms with Gasteiger partial charge in [0.1, 0.15) is 11.6 Å². The number of nitrogens with zero attached hydrogens (tertiary/aromatic N) is 3. The average Bonchev–Trinajstić information content (AvgIpc) is 3.37. The van der Waals surface area contributed by atoms with Crippen LogP contribution in [0.15, 0.2) is 65.2 Å². The van der Waals surface area contributed by atoms with Crippen LogP contribution in [-0.2, 0) is 16.4 Å². The molecule has 1 saturated heterocycles. The number of hydrogen-bond donors (Lipinski definition) is 1. The first-order valence-electron chi connectivity index (χ1n) is 12.7. The number of methoxy groups -OCH3 is 1. The van der Waals surface area contributed by atoms with Crippen molar-refractivity contribution in [3.05, 3.63) is 82.9 Å². The van der Waals surface area contributed by atoms with Gasteiger partial charge in [-0.3, -0.25) is 10.00 Å². The monoisotopic (exact) mass is 524 g/mol. The molecule has 9 heteroatoms. The summed E-state index contributed by atoms with van der Waals surface area (Å²) >= 11 is 0. The van der Waals surface area contributed by atoms with Gasteiger partial charge in [-0.25, -0.2) is 12.8 Å². The van der Waals surface area contributed by atoms with Crippen molar-refractivity contribution in [2.24, 2.45) is 5.41 Å². The summed E-state index contributed by atoms with van der Waals surface area (Å²) in [5.74, 6) is 0.320. The largest absolute Gasteiger partial charge is 0.497 e. The summed E-state index contributed by atoms with van der Waals surface area (Å²) in [7, 11) is -2.20. The summed E-state index contributed by atoms with van der Waals surface area (Å²) in [5.41, 5.74) is 3.68. The lowest BCUT2D eigenvalue weighted by atomic mass is 9.62. The van der Waals surface area contributed by atoms with E-state index in [9.17, 15) is 12.8 Å².